The molecule has 0 spiro atoms. The largest absolute Gasteiger partial charge is 0.495 e. The Morgan fingerprint density at radius 1 is 1.16 bits per heavy atom. The molecule has 1 N–H and O–H groups in total. The van der Waals surface area contributed by atoms with E-state index in [1.165, 1.54) is 0 Å². The Kier molecular flexibility index (Phi) is 4.26. The predicted molar refractivity (Wildman–Crippen MR) is 78.4 cm³/mol. The zero-order valence-electron chi connectivity index (χ0n) is 11.8. The number of ether oxygens (including phenoxy) is 3. The van der Waals surface area contributed by atoms with Gasteiger partial charge in [0.15, 0.2) is 11.5 Å². The van der Waals surface area contributed by atoms with Crippen LogP contribution in [0.5, 0.6) is 17.2 Å². The Hall–Kier alpha value is -0.940. The fourth-order valence-electron chi connectivity index (χ4n) is 2.75. The van der Waals surface area contributed by atoms with Crippen LogP contribution < -0.4 is 19.5 Å². The summed E-state index contributed by atoms with van der Waals surface area (Å²) in [5.74, 6) is 2.24. The lowest BCUT2D eigenvalue weighted by atomic mass is 9.88. The van der Waals surface area contributed by atoms with Crippen molar-refractivity contribution in [2.24, 2.45) is 0 Å². The van der Waals surface area contributed by atoms with E-state index in [0.29, 0.717) is 5.75 Å². The van der Waals surface area contributed by atoms with Crippen LogP contribution in [-0.4, -0.2) is 27.9 Å². The Labute approximate surface area is 122 Å². The first-order valence-corrected chi connectivity index (χ1v) is 7.10. The molecule has 0 aromatic heterocycles. The van der Waals surface area contributed by atoms with E-state index in [4.69, 9.17) is 14.2 Å². The number of hydrogen-bond acceptors (Lipinski definition) is 4. The average molecular weight is 330 g/mol. The van der Waals surface area contributed by atoms with Gasteiger partial charge in [0.05, 0.1) is 31.4 Å². The van der Waals surface area contributed by atoms with Crippen molar-refractivity contribution in [3.05, 3.63) is 16.1 Å². The number of halogens is 1. The molecule has 1 aliphatic rings. The van der Waals surface area contributed by atoms with Crippen molar-refractivity contribution >= 4 is 15.9 Å². The van der Waals surface area contributed by atoms with E-state index in [1.807, 2.05) is 6.07 Å². The molecular weight excluding hydrogens is 310 g/mol. The summed E-state index contributed by atoms with van der Waals surface area (Å²) >= 11 is 3.55. The highest BCUT2D eigenvalue weighted by atomic mass is 79.9. The molecule has 0 amide bonds. The molecule has 0 radical (unpaired) electrons. The van der Waals surface area contributed by atoms with Crippen LogP contribution in [0.1, 0.15) is 25.3 Å². The lowest BCUT2D eigenvalue weighted by Gasteiger charge is -2.30. The van der Waals surface area contributed by atoms with Gasteiger partial charge in [-0.2, -0.15) is 0 Å². The first kappa shape index (κ1) is 14.5. The molecule has 0 saturated carbocycles. The maximum absolute atomic E-state index is 5.58. The SMILES string of the molecule is COc1cc(Br)c(OC)c(C2(C)CCCN2)c1OC. The van der Waals surface area contributed by atoms with Gasteiger partial charge in [0.2, 0.25) is 0 Å². The zero-order valence-corrected chi connectivity index (χ0v) is 13.4. The third kappa shape index (κ3) is 2.41. The molecule has 1 saturated heterocycles. The van der Waals surface area contributed by atoms with Crippen LogP contribution in [0.3, 0.4) is 0 Å². The normalized spacial score (nSPS) is 22.4. The van der Waals surface area contributed by atoms with Gasteiger partial charge in [0.25, 0.3) is 0 Å². The summed E-state index contributed by atoms with van der Waals surface area (Å²) in [5, 5.41) is 3.54. The van der Waals surface area contributed by atoms with Gasteiger partial charge in [-0.1, -0.05) is 0 Å². The molecule has 0 aliphatic carbocycles. The molecule has 0 bridgehead atoms. The van der Waals surface area contributed by atoms with E-state index in [0.717, 1.165) is 40.9 Å². The standard InChI is InChI=1S/C14H20BrNO3/c1-14(6-5-7-16-14)11-12(18-3)9(15)8-10(17-2)13(11)19-4/h8,16H,5-7H2,1-4H3. The number of hydrogen-bond donors (Lipinski definition) is 1. The highest BCUT2D eigenvalue weighted by Gasteiger charge is 2.38. The zero-order chi connectivity index (χ0) is 14.0. The van der Waals surface area contributed by atoms with E-state index >= 15 is 0 Å². The van der Waals surface area contributed by atoms with Crippen LogP contribution in [0.4, 0.5) is 0 Å². The quantitative estimate of drug-likeness (QED) is 0.921. The molecular formula is C14H20BrNO3. The van der Waals surface area contributed by atoms with Gasteiger partial charge in [0, 0.05) is 11.6 Å². The van der Waals surface area contributed by atoms with Crippen molar-refractivity contribution in [2.75, 3.05) is 27.9 Å². The van der Waals surface area contributed by atoms with Crippen molar-refractivity contribution in [3.63, 3.8) is 0 Å². The number of nitrogens with one attached hydrogen (secondary N) is 1. The first-order valence-electron chi connectivity index (χ1n) is 6.31. The lowest BCUT2D eigenvalue weighted by Crippen LogP contribution is -2.34. The molecule has 5 heteroatoms. The predicted octanol–water partition coefficient (Wildman–Crippen LogP) is 3.07. The fourth-order valence-corrected chi connectivity index (χ4v) is 3.32. The van der Waals surface area contributed by atoms with E-state index in [2.05, 4.69) is 28.2 Å². The Balaban J connectivity index is 2.70. The van der Waals surface area contributed by atoms with Crippen LogP contribution in [-0.2, 0) is 5.54 Å². The summed E-state index contributed by atoms with van der Waals surface area (Å²) in [7, 11) is 4.98. The Bertz CT molecular complexity index is 470. The second-order valence-electron chi connectivity index (χ2n) is 4.86. The summed E-state index contributed by atoms with van der Waals surface area (Å²) in [4.78, 5) is 0. The molecule has 1 atom stereocenters. The van der Waals surface area contributed by atoms with Gasteiger partial charge in [-0.3, -0.25) is 0 Å². The van der Waals surface area contributed by atoms with Crippen molar-refractivity contribution in [1.82, 2.24) is 5.32 Å². The summed E-state index contributed by atoms with van der Waals surface area (Å²) in [6.07, 6.45) is 2.18. The minimum absolute atomic E-state index is 0.159. The molecule has 19 heavy (non-hydrogen) atoms. The molecule has 1 heterocycles. The minimum Gasteiger partial charge on any atom is -0.495 e. The number of benzene rings is 1. The third-order valence-electron chi connectivity index (χ3n) is 3.70. The fraction of sp³-hybridized carbons (Fsp3) is 0.571. The smallest absolute Gasteiger partial charge is 0.169 e. The van der Waals surface area contributed by atoms with Gasteiger partial charge in [-0.15, -0.1) is 0 Å². The molecule has 4 nitrogen and oxygen atoms in total. The molecule has 1 unspecified atom stereocenters. The minimum atomic E-state index is -0.159. The van der Waals surface area contributed by atoms with Crippen LogP contribution in [0.15, 0.2) is 10.5 Å². The van der Waals surface area contributed by atoms with Gasteiger partial charge < -0.3 is 19.5 Å². The van der Waals surface area contributed by atoms with Crippen molar-refractivity contribution in [1.29, 1.82) is 0 Å². The van der Waals surface area contributed by atoms with Crippen LogP contribution in [0.25, 0.3) is 0 Å². The number of rotatable bonds is 4. The highest BCUT2D eigenvalue weighted by Crippen LogP contribution is 2.49. The molecule has 106 valence electrons. The average Bonchev–Trinajstić information content (AvgIpc) is 2.85. The first-order chi connectivity index (χ1) is 9.07. The molecule has 1 aromatic rings. The van der Waals surface area contributed by atoms with E-state index < -0.39 is 0 Å². The maximum Gasteiger partial charge on any atom is 0.169 e. The monoisotopic (exact) mass is 329 g/mol. The van der Waals surface area contributed by atoms with Gasteiger partial charge in [-0.05, 0) is 42.2 Å². The van der Waals surface area contributed by atoms with E-state index in [1.54, 1.807) is 21.3 Å². The Morgan fingerprint density at radius 2 is 1.84 bits per heavy atom. The van der Waals surface area contributed by atoms with Gasteiger partial charge >= 0.3 is 0 Å². The molecule has 1 aromatic carbocycles. The number of methoxy groups -OCH3 is 3. The summed E-state index contributed by atoms with van der Waals surface area (Å²) < 4.78 is 17.4. The molecule has 1 aliphatic heterocycles. The van der Waals surface area contributed by atoms with E-state index in [9.17, 15) is 0 Å². The second-order valence-corrected chi connectivity index (χ2v) is 5.72. The summed E-state index contributed by atoms with van der Waals surface area (Å²) in [6, 6.07) is 1.87. The Morgan fingerprint density at radius 3 is 2.32 bits per heavy atom. The van der Waals surface area contributed by atoms with Crippen LogP contribution in [0, 0.1) is 0 Å². The molecule has 1 fully saturated rings. The van der Waals surface area contributed by atoms with Crippen LogP contribution >= 0.6 is 15.9 Å². The maximum atomic E-state index is 5.58. The van der Waals surface area contributed by atoms with Crippen molar-refractivity contribution in [3.8, 4) is 17.2 Å². The topological polar surface area (TPSA) is 39.7 Å². The highest BCUT2D eigenvalue weighted by molar-refractivity contribution is 9.10. The van der Waals surface area contributed by atoms with Crippen LogP contribution in [0.2, 0.25) is 0 Å². The van der Waals surface area contributed by atoms with E-state index in [-0.39, 0.29) is 5.54 Å². The summed E-state index contributed by atoms with van der Waals surface area (Å²) in [5.41, 5.74) is 0.856. The second kappa shape index (κ2) is 5.59. The lowest BCUT2D eigenvalue weighted by molar-refractivity contribution is 0.316. The molecule has 2 rings (SSSR count). The van der Waals surface area contributed by atoms with Crippen molar-refractivity contribution < 1.29 is 14.2 Å². The van der Waals surface area contributed by atoms with Gasteiger partial charge in [0.1, 0.15) is 5.75 Å². The summed E-state index contributed by atoms with van der Waals surface area (Å²) in [6.45, 7) is 3.17. The van der Waals surface area contributed by atoms with Crippen molar-refractivity contribution in [2.45, 2.75) is 25.3 Å². The third-order valence-corrected chi connectivity index (χ3v) is 4.29. The van der Waals surface area contributed by atoms with Gasteiger partial charge in [-0.25, -0.2) is 0 Å².